The lowest BCUT2D eigenvalue weighted by atomic mass is 10.0. The number of hydrogen-bond donors (Lipinski definition) is 0. The highest BCUT2D eigenvalue weighted by Crippen LogP contribution is 2.19. The maximum absolute atomic E-state index is 12.1. The fraction of sp³-hybridized carbons (Fsp3) is 0.741. The number of aromatic nitrogens is 1. The van der Waals surface area contributed by atoms with Crippen LogP contribution in [0.4, 0.5) is 0 Å². The lowest BCUT2D eigenvalue weighted by Gasteiger charge is -2.09. The summed E-state index contributed by atoms with van der Waals surface area (Å²) in [5.74, 6) is -0.132. The Bertz CT molecular complexity index is 645. The third kappa shape index (κ3) is 15.0. The van der Waals surface area contributed by atoms with Crippen LogP contribution in [-0.2, 0) is 20.9 Å². The minimum Gasteiger partial charge on any atom is -0.461 e. The van der Waals surface area contributed by atoms with E-state index in [1.165, 1.54) is 90.4 Å². The molecule has 0 atom stereocenters. The lowest BCUT2D eigenvalue weighted by molar-refractivity contribution is -0.142. The van der Waals surface area contributed by atoms with Gasteiger partial charge in [-0.05, 0) is 19.4 Å². The number of ether oxygens (including phenoxy) is 2. The first kappa shape index (κ1) is 28.1. The van der Waals surface area contributed by atoms with E-state index in [1.807, 2.05) is 0 Å². The van der Waals surface area contributed by atoms with E-state index >= 15 is 0 Å². The largest absolute Gasteiger partial charge is 0.461 e. The average Bonchev–Trinajstić information content (AvgIpc) is 2.77. The quantitative estimate of drug-likeness (QED) is 0.161. The molecule has 0 unspecified atom stereocenters. The molecule has 5 heteroatoms. The SMILES string of the molecule is CCCCCCCCCCCCCCCCCC(=O)Oc1cc(COC(C)=O)cnc1C. The molecule has 182 valence electrons. The highest BCUT2D eigenvalue weighted by Gasteiger charge is 2.10. The Hall–Kier alpha value is -1.91. The molecule has 1 rings (SSSR count). The molecular weight excluding hydrogens is 402 g/mol. The number of pyridine rings is 1. The molecule has 0 saturated carbocycles. The predicted octanol–water partition coefficient (Wildman–Crippen LogP) is 7.62. The van der Waals surface area contributed by atoms with E-state index in [0.29, 0.717) is 23.4 Å². The number of aryl methyl sites for hydroxylation is 1. The van der Waals surface area contributed by atoms with Crippen molar-refractivity contribution >= 4 is 11.9 Å². The van der Waals surface area contributed by atoms with Gasteiger partial charge in [-0.15, -0.1) is 0 Å². The molecular formula is C27H45NO4. The van der Waals surface area contributed by atoms with Gasteiger partial charge in [-0.2, -0.15) is 0 Å². The third-order valence-corrected chi connectivity index (χ3v) is 5.75. The van der Waals surface area contributed by atoms with E-state index in [9.17, 15) is 9.59 Å². The molecule has 1 aromatic heterocycles. The van der Waals surface area contributed by atoms with Crippen LogP contribution in [-0.4, -0.2) is 16.9 Å². The minimum absolute atomic E-state index is 0.131. The van der Waals surface area contributed by atoms with Gasteiger partial charge in [0.1, 0.15) is 6.61 Å². The Kier molecular flexibility index (Phi) is 16.4. The minimum atomic E-state index is -0.350. The summed E-state index contributed by atoms with van der Waals surface area (Å²) in [5, 5.41) is 0. The van der Waals surface area contributed by atoms with Crippen LogP contribution in [0.2, 0.25) is 0 Å². The molecule has 0 fully saturated rings. The maximum Gasteiger partial charge on any atom is 0.311 e. The molecule has 0 aliphatic heterocycles. The molecule has 0 saturated heterocycles. The zero-order valence-corrected chi connectivity index (χ0v) is 20.8. The Morgan fingerprint density at radius 3 is 1.81 bits per heavy atom. The fourth-order valence-electron chi connectivity index (χ4n) is 3.73. The third-order valence-electron chi connectivity index (χ3n) is 5.75. The summed E-state index contributed by atoms with van der Waals surface area (Å²) in [4.78, 5) is 27.3. The molecule has 1 aromatic rings. The van der Waals surface area contributed by atoms with Gasteiger partial charge in [-0.3, -0.25) is 14.6 Å². The Morgan fingerprint density at radius 1 is 0.812 bits per heavy atom. The fourth-order valence-corrected chi connectivity index (χ4v) is 3.73. The molecule has 0 radical (unpaired) electrons. The second-order valence-electron chi connectivity index (χ2n) is 8.88. The topological polar surface area (TPSA) is 65.5 Å². The Labute approximate surface area is 195 Å². The molecule has 0 bridgehead atoms. The number of nitrogens with zero attached hydrogens (tertiary/aromatic N) is 1. The van der Waals surface area contributed by atoms with Crippen molar-refractivity contribution in [2.24, 2.45) is 0 Å². The van der Waals surface area contributed by atoms with Crippen LogP contribution in [0.1, 0.15) is 128 Å². The smallest absolute Gasteiger partial charge is 0.311 e. The van der Waals surface area contributed by atoms with E-state index in [1.54, 1.807) is 19.2 Å². The first-order chi connectivity index (χ1) is 15.5. The van der Waals surface area contributed by atoms with Gasteiger partial charge in [0.2, 0.25) is 0 Å². The molecule has 0 aromatic carbocycles. The van der Waals surface area contributed by atoms with Gasteiger partial charge < -0.3 is 9.47 Å². The van der Waals surface area contributed by atoms with Gasteiger partial charge in [0.05, 0.1) is 5.69 Å². The first-order valence-electron chi connectivity index (χ1n) is 12.8. The van der Waals surface area contributed by atoms with Crippen molar-refractivity contribution in [1.29, 1.82) is 0 Å². The zero-order valence-electron chi connectivity index (χ0n) is 20.8. The van der Waals surface area contributed by atoms with Crippen molar-refractivity contribution in [3.8, 4) is 5.75 Å². The van der Waals surface area contributed by atoms with Gasteiger partial charge in [0.25, 0.3) is 0 Å². The van der Waals surface area contributed by atoms with Crippen molar-refractivity contribution in [2.45, 2.75) is 130 Å². The van der Waals surface area contributed by atoms with Crippen LogP contribution < -0.4 is 4.74 Å². The lowest BCUT2D eigenvalue weighted by Crippen LogP contribution is -2.10. The Morgan fingerprint density at radius 2 is 1.31 bits per heavy atom. The first-order valence-corrected chi connectivity index (χ1v) is 12.8. The zero-order chi connectivity index (χ0) is 23.4. The molecule has 32 heavy (non-hydrogen) atoms. The summed E-state index contributed by atoms with van der Waals surface area (Å²) >= 11 is 0. The molecule has 1 heterocycles. The number of carbonyl (C=O) groups is 2. The molecule has 0 aliphatic rings. The standard InChI is InChI=1S/C27H45NO4/c1-4-5-6-7-8-9-10-11-12-13-14-15-16-17-18-19-27(30)32-26-20-25(21-28-23(26)2)22-31-24(3)29/h20-21H,4-19,22H2,1-3H3. The van der Waals surface area contributed by atoms with Gasteiger partial charge in [0, 0.05) is 25.1 Å². The van der Waals surface area contributed by atoms with Crippen LogP contribution in [0, 0.1) is 6.92 Å². The molecule has 0 spiro atoms. The summed E-state index contributed by atoms with van der Waals surface area (Å²) in [6.07, 6.45) is 21.6. The molecule has 0 aliphatic carbocycles. The van der Waals surface area contributed by atoms with Gasteiger partial charge in [0.15, 0.2) is 5.75 Å². The van der Waals surface area contributed by atoms with Crippen molar-refractivity contribution in [2.75, 3.05) is 0 Å². The summed E-state index contributed by atoms with van der Waals surface area (Å²) in [7, 11) is 0. The van der Waals surface area contributed by atoms with E-state index in [4.69, 9.17) is 9.47 Å². The van der Waals surface area contributed by atoms with Crippen molar-refractivity contribution in [1.82, 2.24) is 4.98 Å². The maximum atomic E-state index is 12.1. The summed E-state index contributed by atoms with van der Waals surface area (Å²) < 4.78 is 10.4. The van der Waals surface area contributed by atoms with E-state index in [0.717, 1.165) is 12.8 Å². The van der Waals surface area contributed by atoms with Crippen molar-refractivity contribution < 1.29 is 19.1 Å². The highest BCUT2D eigenvalue weighted by atomic mass is 16.5. The van der Waals surface area contributed by atoms with E-state index < -0.39 is 0 Å². The van der Waals surface area contributed by atoms with Gasteiger partial charge in [-0.25, -0.2) is 0 Å². The van der Waals surface area contributed by atoms with Crippen LogP contribution in [0.25, 0.3) is 0 Å². The van der Waals surface area contributed by atoms with Crippen LogP contribution in [0.3, 0.4) is 0 Å². The second kappa shape index (κ2) is 18.6. The monoisotopic (exact) mass is 447 g/mol. The number of hydrogen-bond acceptors (Lipinski definition) is 5. The van der Waals surface area contributed by atoms with Crippen molar-refractivity contribution in [3.63, 3.8) is 0 Å². The van der Waals surface area contributed by atoms with Crippen LogP contribution in [0.15, 0.2) is 12.3 Å². The van der Waals surface area contributed by atoms with Crippen LogP contribution >= 0.6 is 0 Å². The average molecular weight is 448 g/mol. The normalized spacial score (nSPS) is 10.8. The van der Waals surface area contributed by atoms with Gasteiger partial charge >= 0.3 is 11.9 Å². The second-order valence-corrected chi connectivity index (χ2v) is 8.88. The van der Waals surface area contributed by atoms with E-state index in [2.05, 4.69) is 11.9 Å². The summed E-state index contributed by atoms with van der Waals surface area (Å²) in [5.41, 5.74) is 1.36. The summed E-state index contributed by atoms with van der Waals surface area (Å²) in [6.45, 7) is 5.56. The van der Waals surface area contributed by atoms with E-state index in [-0.39, 0.29) is 18.5 Å². The number of rotatable bonds is 19. The molecule has 0 N–H and O–H groups in total. The van der Waals surface area contributed by atoms with Gasteiger partial charge in [-0.1, -0.05) is 96.8 Å². The van der Waals surface area contributed by atoms with Crippen molar-refractivity contribution in [3.05, 3.63) is 23.5 Å². The Balaban J connectivity index is 2.01. The summed E-state index contributed by atoms with van der Waals surface area (Å²) in [6, 6.07) is 1.72. The molecule has 0 amide bonds. The van der Waals surface area contributed by atoms with Crippen LogP contribution in [0.5, 0.6) is 5.75 Å². The number of carbonyl (C=O) groups excluding carboxylic acids is 2. The number of unbranched alkanes of at least 4 members (excludes halogenated alkanes) is 14. The molecule has 5 nitrogen and oxygen atoms in total. The predicted molar refractivity (Wildman–Crippen MR) is 130 cm³/mol. The number of esters is 2. The highest BCUT2D eigenvalue weighted by molar-refractivity contribution is 5.72.